The summed E-state index contributed by atoms with van der Waals surface area (Å²) in [5.41, 5.74) is 6.15. The van der Waals surface area contributed by atoms with E-state index in [4.69, 9.17) is 17.3 Å². The maximum atomic E-state index is 5.78. The predicted octanol–water partition coefficient (Wildman–Crippen LogP) is 1.45. The Morgan fingerprint density at radius 1 is 1.67 bits per heavy atom. The van der Waals surface area contributed by atoms with E-state index >= 15 is 0 Å². The number of hydrogen-bond donors (Lipinski definition) is 1. The first-order valence-corrected chi connectivity index (χ1v) is 5.24. The van der Waals surface area contributed by atoms with E-state index in [1.165, 1.54) is 0 Å². The highest BCUT2D eigenvalue weighted by Gasteiger charge is 2.02. The first kappa shape index (κ1) is 9.77. The van der Waals surface area contributed by atoms with E-state index in [1.807, 2.05) is 6.26 Å². The minimum absolute atomic E-state index is 0.364. The van der Waals surface area contributed by atoms with E-state index in [-0.39, 0.29) is 0 Å². The number of nitrogens with two attached hydrogens (primary N) is 1. The molecule has 2 N–H and O–H groups in total. The van der Waals surface area contributed by atoms with Crippen molar-refractivity contribution in [2.24, 2.45) is 5.73 Å². The molecule has 66 valence electrons. The fourth-order valence-electron chi connectivity index (χ4n) is 0.786. The molecule has 1 aromatic heterocycles. The second kappa shape index (κ2) is 4.64. The molecule has 1 heterocycles. The summed E-state index contributed by atoms with van der Waals surface area (Å²) in [5, 5.41) is 0.544. The highest BCUT2D eigenvalue weighted by atomic mass is 35.5. The van der Waals surface area contributed by atoms with Crippen molar-refractivity contribution in [1.82, 2.24) is 9.97 Å². The molecule has 0 unspecified atom stereocenters. The topological polar surface area (TPSA) is 51.8 Å². The molecule has 0 atom stereocenters. The van der Waals surface area contributed by atoms with E-state index in [1.54, 1.807) is 18.0 Å². The molecule has 0 amide bonds. The van der Waals surface area contributed by atoms with Crippen LogP contribution in [0.25, 0.3) is 0 Å². The van der Waals surface area contributed by atoms with Gasteiger partial charge in [0, 0.05) is 12.7 Å². The minimum Gasteiger partial charge on any atom is -0.325 e. The van der Waals surface area contributed by atoms with Crippen LogP contribution in [0.3, 0.4) is 0 Å². The Morgan fingerprint density at radius 2 is 2.42 bits per heavy atom. The number of thioether (sulfide) groups is 1. The Kier molecular flexibility index (Phi) is 3.78. The lowest BCUT2D eigenvalue weighted by Crippen LogP contribution is -2.04. The third-order valence-corrected chi connectivity index (χ3v) is 2.20. The van der Waals surface area contributed by atoms with Crippen molar-refractivity contribution < 1.29 is 0 Å². The lowest BCUT2D eigenvalue weighted by molar-refractivity contribution is 0.919. The zero-order valence-electron chi connectivity index (χ0n) is 6.75. The smallest absolute Gasteiger partial charge is 0.138 e. The quantitative estimate of drug-likeness (QED) is 0.808. The van der Waals surface area contributed by atoms with Crippen molar-refractivity contribution in [2.75, 3.05) is 6.26 Å². The third kappa shape index (κ3) is 2.33. The van der Waals surface area contributed by atoms with Gasteiger partial charge in [-0.15, -0.1) is 0 Å². The molecule has 0 aliphatic rings. The van der Waals surface area contributed by atoms with Crippen LogP contribution in [0.15, 0.2) is 6.20 Å². The monoisotopic (exact) mass is 203 g/mol. The minimum atomic E-state index is 0.364. The molecule has 0 fully saturated rings. The van der Waals surface area contributed by atoms with Gasteiger partial charge in [0.05, 0.1) is 16.5 Å². The highest BCUT2D eigenvalue weighted by Crippen LogP contribution is 2.13. The van der Waals surface area contributed by atoms with Crippen molar-refractivity contribution in [3.63, 3.8) is 0 Å². The molecule has 0 aliphatic carbocycles. The maximum Gasteiger partial charge on any atom is 0.138 e. The molecule has 0 aromatic carbocycles. The number of halogens is 1. The van der Waals surface area contributed by atoms with Crippen molar-refractivity contribution in [3.05, 3.63) is 22.7 Å². The van der Waals surface area contributed by atoms with Crippen LogP contribution in [0.5, 0.6) is 0 Å². The van der Waals surface area contributed by atoms with Gasteiger partial charge < -0.3 is 5.73 Å². The van der Waals surface area contributed by atoms with Gasteiger partial charge in [-0.3, -0.25) is 0 Å². The first-order chi connectivity index (χ1) is 5.77. The summed E-state index contributed by atoms with van der Waals surface area (Å²) in [6, 6.07) is 0. The standard InChI is InChI=1S/C7H10ClN3S/c1-12-4-7-10-3-5(8)6(2-9)11-7/h3H,2,4,9H2,1H3. The molecule has 1 rings (SSSR count). The van der Waals surface area contributed by atoms with Gasteiger partial charge in [0.25, 0.3) is 0 Å². The number of hydrogen-bond acceptors (Lipinski definition) is 4. The SMILES string of the molecule is CSCc1ncc(Cl)c(CN)n1. The average molecular weight is 204 g/mol. The van der Waals surface area contributed by atoms with E-state index in [0.29, 0.717) is 11.6 Å². The van der Waals surface area contributed by atoms with Crippen LogP contribution in [0.4, 0.5) is 0 Å². The Morgan fingerprint density at radius 3 is 3.00 bits per heavy atom. The molecule has 0 saturated heterocycles. The molecule has 5 heteroatoms. The molecule has 0 bridgehead atoms. The van der Waals surface area contributed by atoms with Crippen LogP contribution in [0.1, 0.15) is 11.5 Å². The Hall–Kier alpha value is -0.320. The number of rotatable bonds is 3. The molecule has 0 saturated carbocycles. The summed E-state index contributed by atoms with van der Waals surface area (Å²) in [6.45, 7) is 0.364. The van der Waals surface area contributed by atoms with Gasteiger partial charge in [0.1, 0.15) is 5.82 Å². The Labute approximate surface area is 80.7 Å². The van der Waals surface area contributed by atoms with E-state index in [2.05, 4.69) is 9.97 Å². The van der Waals surface area contributed by atoms with Gasteiger partial charge in [0.2, 0.25) is 0 Å². The lowest BCUT2D eigenvalue weighted by atomic mass is 10.4. The van der Waals surface area contributed by atoms with Crippen LogP contribution in [-0.4, -0.2) is 16.2 Å². The maximum absolute atomic E-state index is 5.78. The Bertz CT molecular complexity index is 267. The average Bonchev–Trinajstić information content (AvgIpc) is 2.09. The zero-order valence-corrected chi connectivity index (χ0v) is 8.32. The summed E-state index contributed by atoms with van der Waals surface area (Å²) in [5.74, 6) is 1.58. The second-order valence-corrected chi connectivity index (χ2v) is 3.49. The summed E-state index contributed by atoms with van der Waals surface area (Å²) in [7, 11) is 0. The number of nitrogens with zero attached hydrogens (tertiary/aromatic N) is 2. The van der Waals surface area contributed by atoms with E-state index < -0.39 is 0 Å². The van der Waals surface area contributed by atoms with Gasteiger partial charge in [-0.2, -0.15) is 11.8 Å². The van der Waals surface area contributed by atoms with Crippen LogP contribution in [-0.2, 0) is 12.3 Å². The lowest BCUT2D eigenvalue weighted by Gasteiger charge is -2.01. The van der Waals surface area contributed by atoms with E-state index in [0.717, 1.165) is 17.3 Å². The van der Waals surface area contributed by atoms with Gasteiger partial charge in [-0.1, -0.05) is 11.6 Å². The summed E-state index contributed by atoms with van der Waals surface area (Å²) in [4.78, 5) is 8.25. The summed E-state index contributed by atoms with van der Waals surface area (Å²) >= 11 is 7.46. The predicted molar refractivity (Wildman–Crippen MR) is 52.2 cm³/mol. The van der Waals surface area contributed by atoms with Gasteiger partial charge >= 0.3 is 0 Å². The molecule has 3 nitrogen and oxygen atoms in total. The Balaban J connectivity index is 2.89. The van der Waals surface area contributed by atoms with Gasteiger partial charge in [-0.25, -0.2) is 9.97 Å². The van der Waals surface area contributed by atoms with Crippen LogP contribution >= 0.6 is 23.4 Å². The molecule has 0 radical (unpaired) electrons. The third-order valence-electron chi connectivity index (χ3n) is 1.33. The van der Waals surface area contributed by atoms with Crippen LogP contribution < -0.4 is 5.73 Å². The molecule has 0 spiro atoms. The van der Waals surface area contributed by atoms with E-state index in [9.17, 15) is 0 Å². The van der Waals surface area contributed by atoms with Crippen molar-refractivity contribution in [3.8, 4) is 0 Å². The van der Waals surface area contributed by atoms with Crippen molar-refractivity contribution >= 4 is 23.4 Å². The normalized spacial score (nSPS) is 10.2. The van der Waals surface area contributed by atoms with Crippen LogP contribution in [0, 0.1) is 0 Å². The van der Waals surface area contributed by atoms with Gasteiger partial charge in [-0.05, 0) is 6.26 Å². The van der Waals surface area contributed by atoms with Crippen molar-refractivity contribution in [1.29, 1.82) is 0 Å². The van der Waals surface area contributed by atoms with Crippen LogP contribution in [0.2, 0.25) is 5.02 Å². The van der Waals surface area contributed by atoms with Crippen molar-refractivity contribution in [2.45, 2.75) is 12.3 Å². The fraction of sp³-hybridized carbons (Fsp3) is 0.429. The molecule has 1 aromatic rings. The van der Waals surface area contributed by atoms with Gasteiger partial charge in [0.15, 0.2) is 0 Å². The highest BCUT2D eigenvalue weighted by molar-refractivity contribution is 7.97. The molecular weight excluding hydrogens is 194 g/mol. The summed E-state index contributed by atoms with van der Waals surface area (Å²) in [6.07, 6.45) is 3.60. The fourth-order valence-corrected chi connectivity index (χ4v) is 1.35. The number of aromatic nitrogens is 2. The molecule has 0 aliphatic heterocycles. The molecular formula is C7H10ClN3S. The second-order valence-electron chi connectivity index (χ2n) is 2.22. The zero-order chi connectivity index (χ0) is 8.97. The first-order valence-electron chi connectivity index (χ1n) is 3.47. The summed E-state index contributed by atoms with van der Waals surface area (Å²) < 4.78 is 0. The molecule has 12 heavy (non-hydrogen) atoms. The largest absolute Gasteiger partial charge is 0.325 e.